The Morgan fingerprint density at radius 2 is 2.47 bits per heavy atom. The number of amides is 1. The van der Waals surface area contributed by atoms with Crippen molar-refractivity contribution >= 4 is 34.6 Å². The van der Waals surface area contributed by atoms with Crippen molar-refractivity contribution in [3.8, 4) is 0 Å². The number of thioether (sulfide) groups is 2. The molecule has 0 spiro atoms. The molecule has 1 amide bonds. The van der Waals surface area contributed by atoms with Gasteiger partial charge in [0.15, 0.2) is 5.17 Å². The first-order valence-corrected chi connectivity index (χ1v) is 7.74. The molecule has 0 radical (unpaired) electrons. The highest BCUT2D eigenvalue weighted by Crippen LogP contribution is 2.13. The molecule has 1 heterocycles. The summed E-state index contributed by atoms with van der Waals surface area (Å²) in [6, 6.07) is 7.73. The van der Waals surface area contributed by atoms with Crippen LogP contribution in [0.15, 0.2) is 29.3 Å². The summed E-state index contributed by atoms with van der Waals surface area (Å²) in [5.74, 6) is 1.82. The predicted molar refractivity (Wildman–Crippen MR) is 75.9 cm³/mol. The first-order valence-electron chi connectivity index (χ1n) is 5.36. The summed E-state index contributed by atoms with van der Waals surface area (Å²) in [6.07, 6.45) is 2.05. The van der Waals surface area contributed by atoms with Gasteiger partial charge >= 0.3 is 0 Å². The van der Waals surface area contributed by atoms with Gasteiger partial charge in [0.05, 0.1) is 6.54 Å². The maximum absolute atomic E-state index is 11.9. The quantitative estimate of drug-likeness (QED) is 0.913. The number of carbonyl (C=O) groups excluding carboxylic acids is 1. The van der Waals surface area contributed by atoms with E-state index in [9.17, 15) is 4.79 Å². The minimum atomic E-state index is -0.0684. The van der Waals surface area contributed by atoms with Gasteiger partial charge in [-0.1, -0.05) is 23.9 Å². The van der Waals surface area contributed by atoms with Crippen molar-refractivity contribution in [1.82, 2.24) is 5.32 Å². The molecule has 1 aromatic carbocycles. The molecule has 90 valence electrons. The van der Waals surface area contributed by atoms with Gasteiger partial charge in [-0.25, -0.2) is 0 Å². The second kappa shape index (κ2) is 6.12. The van der Waals surface area contributed by atoms with Gasteiger partial charge < -0.3 is 5.32 Å². The molecule has 0 unspecified atom stereocenters. The van der Waals surface area contributed by atoms with Gasteiger partial charge in [-0.3, -0.25) is 9.79 Å². The lowest BCUT2D eigenvalue weighted by Crippen LogP contribution is -2.27. The first-order chi connectivity index (χ1) is 8.29. The van der Waals surface area contributed by atoms with E-state index in [4.69, 9.17) is 0 Å². The maximum atomic E-state index is 11.9. The van der Waals surface area contributed by atoms with Gasteiger partial charge in [0.1, 0.15) is 0 Å². The van der Waals surface area contributed by atoms with Crippen LogP contribution in [0.2, 0.25) is 0 Å². The molecule has 17 heavy (non-hydrogen) atoms. The van der Waals surface area contributed by atoms with E-state index < -0.39 is 0 Å². The zero-order valence-electron chi connectivity index (χ0n) is 9.60. The number of aliphatic imine (C=N–C) groups is 1. The Bertz CT molecular complexity index is 446. The van der Waals surface area contributed by atoms with Crippen LogP contribution in [0.4, 0.5) is 0 Å². The minimum Gasteiger partial charge on any atom is -0.301 e. The molecule has 0 fully saturated rings. The third kappa shape index (κ3) is 3.51. The van der Waals surface area contributed by atoms with E-state index in [0.29, 0.717) is 5.56 Å². The number of nitrogens with zero attached hydrogens (tertiary/aromatic N) is 1. The Kier molecular flexibility index (Phi) is 4.50. The molecule has 1 aliphatic rings. The average Bonchev–Trinajstić information content (AvgIpc) is 2.83. The minimum absolute atomic E-state index is 0.0684. The van der Waals surface area contributed by atoms with Crippen LogP contribution in [0, 0.1) is 0 Å². The second-order valence-electron chi connectivity index (χ2n) is 3.62. The molecule has 0 aliphatic carbocycles. The Balaban J connectivity index is 2.05. The Labute approximate surface area is 109 Å². The van der Waals surface area contributed by atoms with Crippen molar-refractivity contribution in [2.24, 2.45) is 4.99 Å². The highest BCUT2D eigenvalue weighted by atomic mass is 32.2. The third-order valence-electron chi connectivity index (χ3n) is 2.31. The summed E-state index contributed by atoms with van der Waals surface area (Å²) in [5, 5.41) is 3.57. The van der Waals surface area contributed by atoms with Gasteiger partial charge in [0.2, 0.25) is 0 Å². The van der Waals surface area contributed by atoms with Crippen molar-refractivity contribution < 1.29 is 4.79 Å². The van der Waals surface area contributed by atoms with Crippen molar-refractivity contribution in [3.05, 3.63) is 35.4 Å². The lowest BCUT2D eigenvalue weighted by atomic mass is 10.1. The number of nitrogens with one attached hydrogen (secondary N) is 1. The van der Waals surface area contributed by atoms with E-state index in [1.54, 1.807) is 23.5 Å². The summed E-state index contributed by atoms with van der Waals surface area (Å²) >= 11 is 3.34. The lowest BCUT2D eigenvalue weighted by molar-refractivity contribution is 0.0978. The van der Waals surface area contributed by atoms with Crippen molar-refractivity contribution in [3.63, 3.8) is 0 Å². The summed E-state index contributed by atoms with van der Waals surface area (Å²) in [5.41, 5.74) is 1.87. The van der Waals surface area contributed by atoms with Crippen LogP contribution < -0.4 is 5.32 Å². The fourth-order valence-electron chi connectivity index (χ4n) is 1.55. The van der Waals surface area contributed by atoms with E-state index >= 15 is 0 Å². The van der Waals surface area contributed by atoms with Crippen molar-refractivity contribution in [2.75, 3.05) is 18.6 Å². The summed E-state index contributed by atoms with van der Waals surface area (Å²) in [6.45, 7) is 0.798. The van der Waals surface area contributed by atoms with Crippen LogP contribution >= 0.6 is 23.5 Å². The fraction of sp³-hybridized carbons (Fsp3) is 0.333. The Morgan fingerprint density at radius 3 is 3.18 bits per heavy atom. The zero-order chi connectivity index (χ0) is 12.1. The highest BCUT2D eigenvalue weighted by Gasteiger charge is 2.12. The number of hydrogen-bond donors (Lipinski definition) is 1. The van der Waals surface area contributed by atoms with Gasteiger partial charge in [-0.05, 0) is 24.0 Å². The van der Waals surface area contributed by atoms with E-state index in [1.807, 2.05) is 24.3 Å². The molecule has 0 bridgehead atoms. The molecule has 0 aromatic heterocycles. The molecular weight excluding hydrogens is 252 g/mol. The molecule has 1 aromatic rings. The average molecular weight is 266 g/mol. The number of rotatable bonds is 3. The van der Waals surface area contributed by atoms with Crippen LogP contribution in [0.5, 0.6) is 0 Å². The number of hydrogen-bond acceptors (Lipinski definition) is 4. The van der Waals surface area contributed by atoms with Crippen LogP contribution in [-0.2, 0) is 5.75 Å². The molecule has 1 aliphatic heterocycles. The molecule has 3 nitrogen and oxygen atoms in total. The fourth-order valence-corrected chi connectivity index (χ4v) is 2.79. The van der Waals surface area contributed by atoms with E-state index in [2.05, 4.69) is 16.6 Å². The van der Waals surface area contributed by atoms with Crippen molar-refractivity contribution in [1.29, 1.82) is 0 Å². The Hall–Kier alpha value is -0.940. The van der Waals surface area contributed by atoms with Gasteiger partial charge in [-0.15, -0.1) is 0 Å². The summed E-state index contributed by atoms with van der Waals surface area (Å²) < 4.78 is 0. The van der Waals surface area contributed by atoms with Crippen LogP contribution in [0.3, 0.4) is 0 Å². The molecule has 1 N–H and O–H groups in total. The Morgan fingerprint density at radius 1 is 1.59 bits per heavy atom. The molecule has 2 rings (SSSR count). The molecular formula is C12H14N2OS2. The largest absolute Gasteiger partial charge is 0.301 e. The zero-order valence-corrected chi connectivity index (χ0v) is 11.2. The van der Waals surface area contributed by atoms with Crippen LogP contribution in [-0.4, -0.2) is 29.6 Å². The van der Waals surface area contributed by atoms with Gasteiger partial charge in [0.25, 0.3) is 5.91 Å². The standard InChI is InChI=1S/C12H14N2OS2/c1-16-8-9-3-2-4-10(7-9)11(15)14-12-13-5-6-17-12/h2-4,7H,5-6,8H2,1H3,(H,13,14,15). The van der Waals surface area contributed by atoms with E-state index in [1.165, 1.54) is 5.56 Å². The smallest absolute Gasteiger partial charge is 0.257 e. The molecule has 0 atom stereocenters. The lowest BCUT2D eigenvalue weighted by Gasteiger charge is -2.05. The van der Waals surface area contributed by atoms with Gasteiger partial charge in [0, 0.05) is 17.1 Å². The molecule has 0 saturated carbocycles. The number of carbonyl (C=O) groups is 1. The first kappa shape index (κ1) is 12.5. The molecule has 0 saturated heterocycles. The predicted octanol–water partition coefficient (Wildman–Crippen LogP) is 2.38. The topological polar surface area (TPSA) is 41.5 Å². The SMILES string of the molecule is CSCc1cccc(C(=O)NC2=NCCS2)c1. The number of benzene rings is 1. The normalized spacial score (nSPS) is 14.5. The van der Waals surface area contributed by atoms with Crippen LogP contribution in [0.25, 0.3) is 0 Å². The highest BCUT2D eigenvalue weighted by molar-refractivity contribution is 8.14. The van der Waals surface area contributed by atoms with Crippen molar-refractivity contribution in [2.45, 2.75) is 5.75 Å². The maximum Gasteiger partial charge on any atom is 0.257 e. The monoisotopic (exact) mass is 266 g/mol. The summed E-state index contributed by atoms with van der Waals surface area (Å²) in [7, 11) is 0. The third-order valence-corrected chi connectivity index (χ3v) is 3.82. The second-order valence-corrected chi connectivity index (χ2v) is 5.57. The number of amidine groups is 1. The van der Waals surface area contributed by atoms with Gasteiger partial charge in [-0.2, -0.15) is 11.8 Å². The molecule has 5 heteroatoms. The summed E-state index contributed by atoms with van der Waals surface area (Å²) in [4.78, 5) is 16.1. The van der Waals surface area contributed by atoms with E-state index in [-0.39, 0.29) is 5.91 Å². The van der Waals surface area contributed by atoms with Crippen LogP contribution in [0.1, 0.15) is 15.9 Å². The van der Waals surface area contributed by atoms with E-state index in [0.717, 1.165) is 23.2 Å².